The molecular formula is C15H25Cl5N6O9. The van der Waals surface area contributed by atoms with E-state index in [4.69, 9.17) is 81.5 Å². The second kappa shape index (κ2) is 30.8. The van der Waals surface area contributed by atoms with E-state index in [9.17, 15) is 9.59 Å². The molecule has 0 aliphatic heterocycles. The van der Waals surface area contributed by atoms with Gasteiger partial charge in [-0.1, -0.05) is 10.2 Å². The fourth-order valence-electron chi connectivity index (χ4n) is 1.28. The molecule has 0 aromatic rings. The highest BCUT2D eigenvalue weighted by Gasteiger charge is 2.23. The van der Waals surface area contributed by atoms with Gasteiger partial charge in [-0.25, -0.2) is 9.59 Å². The van der Waals surface area contributed by atoms with Crippen LogP contribution in [0.15, 0.2) is 10.2 Å². The Morgan fingerprint density at radius 1 is 0.714 bits per heavy atom. The number of alkyl halides is 3. The van der Waals surface area contributed by atoms with Gasteiger partial charge in [-0.2, -0.15) is 0 Å². The molecule has 0 heterocycles. The summed E-state index contributed by atoms with van der Waals surface area (Å²) in [6.07, 6.45) is 0. The maximum absolute atomic E-state index is 10.1. The minimum absolute atomic E-state index is 0.0265. The molecule has 0 aliphatic rings. The minimum Gasteiger partial charge on any atom is -0.451 e. The van der Waals surface area contributed by atoms with Crippen LogP contribution in [-0.4, -0.2) is 99.1 Å². The van der Waals surface area contributed by atoms with Crippen LogP contribution in [-0.2, 0) is 28.4 Å². The van der Waals surface area contributed by atoms with Gasteiger partial charge in [0.25, 0.3) is 0 Å². The molecule has 0 atom stereocenters. The van der Waals surface area contributed by atoms with Crippen molar-refractivity contribution < 1.29 is 43.1 Å². The second-order valence-electron chi connectivity index (χ2n) is 4.95. The molecule has 0 spiro atoms. The Morgan fingerprint density at radius 3 is 1.43 bits per heavy atom. The summed E-state index contributed by atoms with van der Waals surface area (Å²) in [7, 11) is 0. The Morgan fingerprint density at radius 2 is 1.11 bits per heavy atom. The highest BCUT2D eigenvalue weighted by atomic mass is 35.6. The number of nitrogens with zero attached hydrogens (tertiary/aromatic N) is 6. The summed E-state index contributed by atoms with van der Waals surface area (Å²) in [5, 5.41) is 14.9. The van der Waals surface area contributed by atoms with Crippen LogP contribution in [0.4, 0.5) is 9.59 Å². The Kier molecular flexibility index (Phi) is 33.8. The Bertz CT molecular complexity index is 613. The van der Waals surface area contributed by atoms with Crippen LogP contribution in [0.1, 0.15) is 0 Å². The number of azide groups is 2. The Hall–Kier alpha value is -1.19. The van der Waals surface area contributed by atoms with Crippen molar-refractivity contribution in [2.24, 2.45) is 10.2 Å². The van der Waals surface area contributed by atoms with Crippen LogP contribution < -0.4 is 0 Å². The standard InChI is InChI=1S/C7H12ClN3O4.C6H13N3O3.C2Cl4O2/c8-7(12)15-6-5-14-4-3-13-2-1-10-11-9;7-9-8-1-3-11-5-6-12-4-2-10;3-1(7)8-2(4,5)6/h1-6H2;10H,1-6H2;. The van der Waals surface area contributed by atoms with Gasteiger partial charge in [-0.3, -0.25) is 0 Å². The molecule has 0 bridgehead atoms. The molecular weight excluding hydrogens is 585 g/mol. The fraction of sp³-hybridized carbons (Fsp3) is 0.867. The Labute approximate surface area is 225 Å². The van der Waals surface area contributed by atoms with Crippen molar-refractivity contribution in [2.45, 2.75) is 3.98 Å². The first-order valence-electron chi connectivity index (χ1n) is 9.31. The van der Waals surface area contributed by atoms with Gasteiger partial charge >= 0.3 is 14.8 Å². The van der Waals surface area contributed by atoms with E-state index in [2.05, 4.69) is 41.1 Å². The largest absolute Gasteiger partial charge is 0.451 e. The third-order valence-corrected chi connectivity index (χ3v) is 2.83. The number of carbonyl (C=O) groups excluding carboxylic acids is 2. The normalized spacial score (nSPS) is 9.77. The fourth-order valence-corrected chi connectivity index (χ4v) is 1.80. The third kappa shape index (κ3) is 50.6. The van der Waals surface area contributed by atoms with Gasteiger partial charge in [0, 0.05) is 46.1 Å². The van der Waals surface area contributed by atoms with Gasteiger partial charge in [-0.15, -0.1) is 0 Å². The molecule has 0 amide bonds. The van der Waals surface area contributed by atoms with E-state index in [1.807, 2.05) is 0 Å². The predicted molar refractivity (Wildman–Crippen MR) is 128 cm³/mol. The molecule has 20 heteroatoms. The maximum Gasteiger partial charge on any atom is 0.407 e. The van der Waals surface area contributed by atoms with Crippen molar-refractivity contribution in [1.29, 1.82) is 0 Å². The van der Waals surface area contributed by atoms with Crippen LogP contribution in [0.3, 0.4) is 0 Å². The average Bonchev–Trinajstić information content (AvgIpc) is 2.76. The lowest BCUT2D eigenvalue weighted by Gasteiger charge is -2.06. The highest BCUT2D eigenvalue weighted by molar-refractivity contribution is 6.69. The number of hydrogen-bond donors (Lipinski definition) is 1. The van der Waals surface area contributed by atoms with Crippen molar-refractivity contribution >= 4 is 68.9 Å². The number of halogens is 5. The molecule has 35 heavy (non-hydrogen) atoms. The lowest BCUT2D eigenvalue weighted by molar-refractivity contribution is 0.0333. The topological polar surface area (TPSA) is 207 Å². The predicted octanol–water partition coefficient (Wildman–Crippen LogP) is 4.72. The number of ether oxygens (including phenoxy) is 6. The lowest BCUT2D eigenvalue weighted by Crippen LogP contribution is -2.10. The molecule has 0 aromatic heterocycles. The number of hydrogen-bond acceptors (Lipinski definition) is 11. The summed E-state index contributed by atoms with van der Waals surface area (Å²) in [4.78, 5) is 25.0. The maximum atomic E-state index is 10.1. The van der Waals surface area contributed by atoms with E-state index in [0.29, 0.717) is 59.3 Å². The molecule has 0 aliphatic carbocycles. The number of rotatable bonds is 17. The molecule has 15 nitrogen and oxygen atoms in total. The van der Waals surface area contributed by atoms with Crippen LogP contribution in [0.2, 0.25) is 0 Å². The van der Waals surface area contributed by atoms with Crippen molar-refractivity contribution in [3.8, 4) is 0 Å². The summed E-state index contributed by atoms with van der Waals surface area (Å²) in [5.74, 6) is 0. The molecule has 0 rings (SSSR count). The van der Waals surface area contributed by atoms with Gasteiger partial charge < -0.3 is 33.5 Å². The summed E-state index contributed by atoms with van der Waals surface area (Å²) in [6.45, 7) is 3.88. The van der Waals surface area contributed by atoms with E-state index in [0.717, 1.165) is 0 Å². The first-order valence-corrected chi connectivity index (χ1v) is 11.2. The Balaban J connectivity index is -0.000000460. The summed E-state index contributed by atoms with van der Waals surface area (Å²) >= 11 is 24.4. The van der Waals surface area contributed by atoms with Gasteiger partial charge in [0.15, 0.2) is 0 Å². The molecule has 0 unspecified atom stereocenters. The van der Waals surface area contributed by atoms with E-state index in [1.165, 1.54) is 0 Å². The third-order valence-electron chi connectivity index (χ3n) is 2.42. The molecule has 1 N–H and O–H groups in total. The number of carbonyl (C=O) groups is 2. The van der Waals surface area contributed by atoms with Gasteiger partial charge in [0.1, 0.15) is 6.61 Å². The number of aliphatic hydroxyl groups is 1. The zero-order valence-electron chi connectivity index (χ0n) is 18.3. The van der Waals surface area contributed by atoms with Crippen LogP contribution in [0.5, 0.6) is 0 Å². The van der Waals surface area contributed by atoms with E-state index >= 15 is 0 Å². The smallest absolute Gasteiger partial charge is 0.407 e. The monoisotopic (exact) mass is 608 g/mol. The van der Waals surface area contributed by atoms with Crippen molar-refractivity contribution in [3.05, 3.63) is 20.9 Å². The first kappa shape index (κ1) is 38.3. The van der Waals surface area contributed by atoms with Gasteiger partial charge in [0.05, 0.1) is 59.5 Å². The number of aliphatic hydroxyl groups excluding tert-OH is 1. The quantitative estimate of drug-likeness (QED) is 0.0602. The lowest BCUT2D eigenvalue weighted by atomic mass is 10.7. The van der Waals surface area contributed by atoms with E-state index in [1.54, 1.807) is 0 Å². The van der Waals surface area contributed by atoms with Crippen LogP contribution >= 0.6 is 58.0 Å². The van der Waals surface area contributed by atoms with Crippen LogP contribution in [0, 0.1) is 0 Å². The molecule has 0 radical (unpaired) electrons. The van der Waals surface area contributed by atoms with Crippen molar-refractivity contribution in [3.63, 3.8) is 0 Å². The average molecular weight is 611 g/mol. The molecule has 0 aromatic carbocycles. The highest BCUT2D eigenvalue weighted by Crippen LogP contribution is 2.27. The molecule has 204 valence electrons. The van der Waals surface area contributed by atoms with Crippen molar-refractivity contribution in [2.75, 3.05) is 79.2 Å². The summed E-state index contributed by atoms with van der Waals surface area (Å²) in [5.41, 5.74) is 13.8. The van der Waals surface area contributed by atoms with Crippen molar-refractivity contribution in [1.82, 2.24) is 0 Å². The first-order chi connectivity index (χ1) is 16.6. The molecule has 0 saturated carbocycles. The zero-order chi connectivity index (χ0) is 27.2. The zero-order valence-corrected chi connectivity index (χ0v) is 22.1. The minimum atomic E-state index is -2.04. The second-order valence-corrected chi connectivity index (χ2v) is 7.75. The molecule has 0 fully saturated rings. The van der Waals surface area contributed by atoms with Gasteiger partial charge in [0.2, 0.25) is 0 Å². The van der Waals surface area contributed by atoms with Crippen LogP contribution in [0.25, 0.3) is 20.9 Å². The summed E-state index contributed by atoms with van der Waals surface area (Å²) in [6, 6.07) is 0. The molecule has 0 saturated heterocycles. The summed E-state index contributed by atoms with van der Waals surface area (Å²) < 4.78 is 26.2. The SMILES string of the molecule is O=C(Cl)OC(Cl)(Cl)Cl.[N-]=[N+]=NCCOCCOCCO.[N-]=[N+]=NCCOCCOCCOC(=O)Cl. The van der Waals surface area contributed by atoms with E-state index in [-0.39, 0.29) is 19.8 Å². The van der Waals surface area contributed by atoms with Gasteiger partial charge in [-0.05, 0) is 45.9 Å². The van der Waals surface area contributed by atoms with E-state index < -0.39 is 14.8 Å².